The van der Waals surface area contributed by atoms with Crippen molar-refractivity contribution < 1.29 is 28.7 Å². The number of fused-ring (bicyclic) bond motifs is 2. The largest absolute Gasteiger partial charge is 0.870 e. The van der Waals surface area contributed by atoms with Crippen molar-refractivity contribution >= 4 is 16.6 Å². The van der Waals surface area contributed by atoms with E-state index in [2.05, 4.69) is 0 Å². The number of carbonyl (C=O) groups excluding carboxylic acids is 1. The Bertz CT molecular complexity index is 1090. The van der Waals surface area contributed by atoms with Crippen LogP contribution < -0.4 is 23.9 Å². The van der Waals surface area contributed by atoms with Crippen molar-refractivity contribution in [1.82, 2.24) is 0 Å². The molecule has 3 aromatic rings. The van der Waals surface area contributed by atoms with E-state index < -0.39 is 0 Å². The number of hydrogen-bond donors (Lipinski definition) is 0. The number of ketones is 1. The van der Waals surface area contributed by atoms with Gasteiger partial charge in [-0.15, -0.1) is 0 Å². The van der Waals surface area contributed by atoms with E-state index in [9.17, 15) is 9.90 Å². The molecule has 0 radical (unpaired) electrons. The van der Waals surface area contributed by atoms with Gasteiger partial charge in [0.1, 0.15) is 12.8 Å². The molecular weight excluding hydrogens is 334 g/mol. The second kappa shape index (κ2) is 5.62. The fourth-order valence-corrected chi connectivity index (χ4v) is 3.57. The van der Waals surface area contributed by atoms with Crippen molar-refractivity contribution in [2.45, 2.75) is 0 Å². The van der Waals surface area contributed by atoms with Gasteiger partial charge in [-0.3, -0.25) is 4.79 Å². The number of pyridine rings is 1. The predicted octanol–water partition coefficient (Wildman–Crippen LogP) is 1.98. The predicted molar refractivity (Wildman–Crippen MR) is 93.1 cm³/mol. The SMILES string of the molecule is COc1cc2c(cc1OC)-c1c([O-])c(OC)cc3cc[n+](C)c(c13)C2=O. The molecule has 132 valence electrons. The number of hydrogen-bond acceptors (Lipinski definition) is 5. The van der Waals surface area contributed by atoms with Gasteiger partial charge in [0.15, 0.2) is 17.7 Å². The highest BCUT2D eigenvalue weighted by atomic mass is 16.5. The summed E-state index contributed by atoms with van der Waals surface area (Å²) < 4.78 is 17.7. The first-order chi connectivity index (χ1) is 12.5. The lowest BCUT2D eigenvalue weighted by Gasteiger charge is -2.26. The minimum absolute atomic E-state index is 0.161. The van der Waals surface area contributed by atoms with Crippen molar-refractivity contribution in [3.8, 4) is 34.1 Å². The lowest BCUT2D eigenvalue weighted by atomic mass is 9.84. The van der Waals surface area contributed by atoms with Crippen LogP contribution in [0.4, 0.5) is 0 Å². The number of carbonyl (C=O) groups is 1. The van der Waals surface area contributed by atoms with Crippen LogP contribution in [-0.2, 0) is 7.05 Å². The first-order valence-corrected chi connectivity index (χ1v) is 8.03. The maximum absolute atomic E-state index is 13.2. The van der Waals surface area contributed by atoms with E-state index in [1.165, 1.54) is 21.3 Å². The van der Waals surface area contributed by atoms with Crippen LogP contribution in [0, 0.1) is 0 Å². The minimum Gasteiger partial charge on any atom is -0.870 e. The summed E-state index contributed by atoms with van der Waals surface area (Å²) in [4.78, 5) is 13.2. The monoisotopic (exact) mass is 351 g/mol. The zero-order valence-corrected chi connectivity index (χ0v) is 14.9. The molecular formula is C20H17NO5. The van der Waals surface area contributed by atoms with Crippen LogP contribution in [-0.4, -0.2) is 27.1 Å². The molecule has 1 aliphatic carbocycles. The molecule has 0 fully saturated rings. The Hall–Kier alpha value is -3.28. The first-order valence-electron chi connectivity index (χ1n) is 8.03. The molecule has 1 heterocycles. The van der Waals surface area contributed by atoms with Gasteiger partial charge in [-0.05, 0) is 34.7 Å². The van der Waals surface area contributed by atoms with Gasteiger partial charge in [0.2, 0.25) is 0 Å². The molecule has 2 aromatic carbocycles. The Morgan fingerprint density at radius 3 is 2.15 bits per heavy atom. The second-order valence-electron chi connectivity index (χ2n) is 6.10. The van der Waals surface area contributed by atoms with Crippen LogP contribution >= 0.6 is 0 Å². The summed E-state index contributed by atoms with van der Waals surface area (Å²) in [5.74, 6) is 0.716. The summed E-state index contributed by atoms with van der Waals surface area (Å²) in [6.07, 6.45) is 1.80. The van der Waals surface area contributed by atoms with E-state index in [4.69, 9.17) is 14.2 Å². The number of aromatic nitrogens is 1. The number of methoxy groups -OCH3 is 3. The summed E-state index contributed by atoms with van der Waals surface area (Å²) in [6, 6.07) is 6.84. The molecule has 0 aliphatic heterocycles. The average Bonchev–Trinajstić information content (AvgIpc) is 2.66. The zero-order chi connectivity index (χ0) is 18.6. The molecule has 4 rings (SSSR count). The second-order valence-corrected chi connectivity index (χ2v) is 6.10. The van der Waals surface area contributed by atoms with Crippen LogP contribution in [0.25, 0.3) is 21.9 Å². The van der Waals surface area contributed by atoms with Gasteiger partial charge >= 0.3 is 0 Å². The van der Waals surface area contributed by atoms with Crippen LogP contribution in [0.1, 0.15) is 16.1 Å². The Morgan fingerprint density at radius 2 is 1.54 bits per heavy atom. The fraction of sp³-hybridized carbons (Fsp3) is 0.200. The summed E-state index contributed by atoms with van der Waals surface area (Å²) in [5.41, 5.74) is 1.85. The van der Waals surface area contributed by atoms with Crippen molar-refractivity contribution in [3.63, 3.8) is 0 Å². The smallest absolute Gasteiger partial charge is 0.261 e. The number of rotatable bonds is 3. The van der Waals surface area contributed by atoms with E-state index in [1.807, 2.05) is 6.07 Å². The third-order valence-corrected chi connectivity index (χ3v) is 4.82. The van der Waals surface area contributed by atoms with Crippen molar-refractivity contribution in [3.05, 3.63) is 41.7 Å². The maximum Gasteiger partial charge on any atom is 0.261 e. The highest BCUT2D eigenvalue weighted by molar-refractivity contribution is 6.25. The highest BCUT2D eigenvalue weighted by Crippen LogP contribution is 2.48. The number of nitrogens with zero attached hydrogens (tertiary/aromatic N) is 1. The number of aryl methyl sites for hydroxylation is 1. The Labute approximate surface area is 150 Å². The highest BCUT2D eigenvalue weighted by Gasteiger charge is 2.34. The summed E-state index contributed by atoms with van der Waals surface area (Å²) in [6.45, 7) is 0. The van der Waals surface area contributed by atoms with Crippen molar-refractivity contribution in [2.75, 3.05) is 21.3 Å². The molecule has 26 heavy (non-hydrogen) atoms. The average molecular weight is 351 g/mol. The number of ether oxygens (including phenoxy) is 3. The Kier molecular flexibility index (Phi) is 3.50. The topological polar surface area (TPSA) is 71.7 Å². The summed E-state index contributed by atoms with van der Waals surface area (Å²) >= 11 is 0. The van der Waals surface area contributed by atoms with Gasteiger partial charge in [-0.2, -0.15) is 4.57 Å². The van der Waals surface area contributed by atoms with Gasteiger partial charge in [0.05, 0.1) is 26.7 Å². The van der Waals surface area contributed by atoms with E-state index in [0.29, 0.717) is 39.3 Å². The molecule has 0 spiro atoms. The standard InChI is InChI=1S/C20H17NO5/c1-21-6-5-10-7-15(26-4)20(23)17-11-8-13(24-2)14(25-3)9-12(11)19(22)18(21)16(10)17/h5-9H,1-4H3. The molecule has 0 amide bonds. The van der Waals surface area contributed by atoms with Crippen LogP contribution in [0.3, 0.4) is 0 Å². The van der Waals surface area contributed by atoms with E-state index in [-0.39, 0.29) is 17.3 Å². The quantitative estimate of drug-likeness (QED) is 0.528. The van der Waals surface area contributed by atoms with Crippen LogP contribution in [0.2, 0.25) is 0 Å². The molecule has 1 aromatic heterocycles. The first kappa shape index (κ1) is 16.2. The van der Waals surface area contributed by atoms with Crippen LogP contribution in [0.15, 0.2) is 30.5 Å². The van der Waals surface area contributed by atoms with E-state index in [0.717, 1.165) is 5.39 Å². The van der Waals surface area contributed by atoms with Gasteiger partial charge in [0.25, 0.3) is 11.5 Å². The lowest BCUT2D eigenvalue weighted by molar-refractivity contribution is -0.671. The third kappa shape index (κ3) is 1.98. The molecule has 1 aliphatic rings. The van der Waals surface area contributed by atoms with E-state index >= 15 is 0 Å². The normalized spacial score (nSPS) is 12.1. The van der Waals surface area contributed by atoms with Gasteiger partial charge in [-0.1, -0.05) is 5.75 Å². The minimum atomic E-state index is -0.256. The molecule has 0 N–H and O–H groups in total. The summed E-state index contributed by atoms with van der Waals surface area (Å²) in [7, 11) is 6.27. The van der Waals surface area contributed by atoms with Gasteiger partial charge in [0, 0.05) is 11.6 Å². The third-order valence-electron chi connectivity index (χ3n) is 4.82. The molecule has 6 heteroatoms. The molecule has 0 saturated heterocycles. The zero-order valence-electron chi connectivity index (χ0n) is 14.9. The molecule has 0 bridgehead atoms. The number of benzene rings is 2. The molecule has 6 nitrogen and oxygen atoms in total. The van der Waals surface area contributed by atoms with Gasteiger partial charge < -0.3 is 19.3 Å². The van der Waals surface area contributed by atoms with Gasteiger partial charge in [-0.25, -0.2) is 0 Å². The molecule has 0 atom stereocenters. The Morgan fingerprint density at radius 1 is 0.923 bits per heavy atom. The fourth-order valence-electron chi connectivity index (χ4n) is 3.57. The maximum atomic E-state index is 13.2. The van der Waals surface area contributed by atoms with E-state index in [1.54, 1.807) is 36.0 Å². The molecule has 0 unspecified atom stereocenters. The Balaban J connectivity index is 2.23. The molecule has 0 saturated carbocycles. The lowest BCUT2D eigenvalue weighted by Crippen LogP contribution is -2.37. The summed E-state index contributed by atoms with van der Waals surface area (Å²) in [5, 5.41) is 14.5. The van der Waals surface area contributed by atoms with Crippen molar-refractivity contribution in [1.29, 1.82) is 0 Å². The van der Waals surface area contributed by atoms with Crippen LogP contribution in [0.5, 0.6) is 23.0 Å². The van der Waals surface area contributed by atoms with Crippen molar-refractivity contribution in [2.24, 2.45) is 7.05 Å².